The van der Waals surface area contributed by atoms with Gasteiger partial charge in [0.05, 0.1) is 18.1 Å². The molecule has 25 heavy (non-hydrogen) atoms. The summed E-state index contributed by atoms with van der Waals surface area (Å²) in [6.45, 7) is 1.82. The molecule has 0 saturated heterocycles. The lowest BCUT2D eigenvalue weighted by molar-refractivity contribution is -0.119. The summed E-state index contributed by atoms with van der Waals surface area (Å²) in [5.74, 6) is -0.273. The van der Waals surface area contributed by atoms with E-state index in [1.54, 1.807) is 30.3 Å². The first-order valence-electron chi connectivity index (χ1n) is 7.48. The van der Waals surface area contributed by atoms with Crippen molar-refractivity contribution in [3.05, 3.63) is 59.9 Å². The maximum atomic E-state index is 12.8. The molecule has 1 atom stereocenters. The van der Waals surface area contributed by atoms with Crippen LogP contribution in [0.1, 0.15) is 18.5 Å². The first kappa shape index (κ1) is 19.3. The number of sulfonamides is 1. The van der Waals surface area contributed by atoms with Crippen molar-refractivity contribution in [3.8, 4) is 0 Å². The summed E-state index contributed by atoms with van der Waals surface area (Å²) >= 11 is 1.32. The van der Waals surface area contributed by atoms with Gasteiger partial charge in [0.1, 0.15) is 5.82 Å². The van der Waals surface area contributed by atoms with Crippen LogP contribution < -0.4 is 10.0 Å². The average molecular weight is 382 g/mol. The predicted molar refractivity (Wildman–Crippen MR) is 98.6 cm³/mol. The molecule has 0 unspecified atom stereocenters. The molecule has 0 fully saturated rings. The molecule has 0 saturated carbocycles. The molecule has 1 amide bonds. The molecule has 0 aliphatic carbocycles. The number of carbonyl (C=O) groups is 1. The van der Waals surface area contributed by atoms with E-state index in [2.05, 4.69) is 10.0 Å². The van der Waals surface area contributed by atoms with Gasteiger partial charge in [-0.15, -0.1) is 11.8 Å². The van der Waals surface area contributed by atoms with Crippen molar-refractivity contribution in [1.82, 2.24) is 5.32 Å². The molecule has 0 bridgehead atoms. The van der Waals surface area contributed by atoms with E-state index in [0.29, 0.717) is 5.69 Å². The molecular weight excluding hydrogens is 363 g/mol. The van der Waals surface area contributed by atoms with Crippen molar-refractivity contribution in [3.63, 3.8) is 0 Å². The van der Waals surface area contributed by atoms with Gasteiger partial charge in [0, 0.05) is 10.6 Å². The van der Waals surface area contributed by atoms with Crippen molar-refractivity contribution >= 4 is 33.4 Å². The Morgan fingerprint density at radius 2 is 1.88 bits per heavy atom. The Morgan fingerprint density at radius 1 is 1.20 bits per heavy atom. The van der Waals surface area contributed by atoms with Crippen molar-refractivity contribution < 1.29 is 17.6 Å². The SMILES string of the molecule is C[C@H](NC(=O)CSc1ccc(F)cc1)c1cccc(NS(C)(=O)=O)c1. The van der Waals surface area contributed by atoms with Crippen LogP contribution in [-0.2, 0) is 14.8 Å². The standard InChI is InChI=1S/C17H19FN2O3S2/c1-12(13-4-3-5-15(10-13)20-25(2,22)23)19-17(21)11-24-16-8-6-14(18)7-9-16/h3-10,12,20H,11H2,1-2H3,(H,19,21)/t12-/m0/s1. The number of halogens is 1. The summed E-state index contributed by atoms with van der Waals surface area (Å²) in [5, 5.41) is 2.86. The summed E-state index contributed by atoms with van der Waals surface area (Å²) in [6, 6.07) is 12.5. The van der Waals surface area contributed by atoms with Gasteiger partial charge in [0.2, 0.25) is 15.9 Å². The van der Waals surface area contributed by atoms with Gasteiger partial charge in [-0.2, -0.15) is 0 Å². The van der Waals surface area contributed by atoms with E-state index in [9.17, 15) is 17.6 Å². The number of carbonyl (C=O) groups excluding carboxylic acids is 1. The molecule has 2 aromatic rings. The van der Waals surface area contributed by atoms with E-state index >= 15 is 0 Å². The number of amides is 1. The van der Waals surface area contributed by atoms with Crippen LogP contribution in [-0.4, -0.2) is 26.3 Å². The van der Waals surface area contributed by atoms with Gasteiger partial charge in [-0.25, -0.2) is 12.8 Å². The van der Waals surface area contributed by atoms with Crippen molar-refractivity contribution in [2.24, 2.45) is 0 Å². The number of anilines is 1. The third kappa shape index (κ3) is 6.75. The monoisotopic (exact) mass is 382 g/mol. The largest absolute Gasteiger partial charge is 0.349 e. The molecule has 0 aromatic heterocycles. The van der Waals surface area contributed by atoms with Gasteiger partial charge >= 0.3 is 0 Å². The number of rotatable bonds is 7. The molecule has 0 aliphatic heterocycles. The van der Waals surface area contributed by atoms with Gasteiger partial charge in [0.25, 0.3) is 0 Å². The van der Waals surface area contributed by atoms with Crippen LogP contribution in [0.4, 0.5) is 10.1 Å². The molecule has 0 aliphatic rings. The Hall–Kier alpha value is -2.06. The molecule has 5 nitrogen and oxygen atoms in total. The molecule has 0 heterocycles. The van der Waals surface area contributed by atoms with Crippen LogP contribution in [0.5, 0.6) is 0 Å². The maximum absolute atomic E-state index is 12.8. The highest BCUT2D eigenvalue weighted by Gasteiger charge is 2.11. The molecule has 2 N–H and O–H groups in total. The topological polar surface area (TPSA) is 75.3 Å². The minimum absolute atomic E-state index is 0.164. The zero-order chi connectivity index (χ0) is 18.4. The van der Waals surface area contributed by atoms with E-state index in [4.69, 9.17) is 0 Å². The Kier molecular flexibility index (Phi) is 6.44. The molecule has 8 heteroatoms. The van der Waals surface area contributed by atoms with E-state index in [0.717, 1.165) is 16.7 Å². The summed E-state index contributed by atoms with van der Waals surface area (Å²) in [7, 11) is -3.35. The second-order valence-corrected chi connectivity index (χ2v) is 8.33. The minimum atomic E-state index is -3.35. The zero-order valence-corrected chi connectivity index (χ0v) is 15.5. The van der Waals surface area contributed by atoms with Crippen LogP contribution >= 0.6 is 11.8 Å². The smallest absolute Gasteiger partial charge is 0.230 e. The molecule has 134 valence electrons. The second kappa shape index (κ2) is 8.35. The number of thioether (sulfide) groups is 1. The van der Waals surface area contributed by atoms with Gasteiger partial charge in [0.15, 0.2) is 0 Å². The first-order valence-corrected chi connectivity index (χ1v) is 10.4. The normalized spacial score (nSPS) is 12.4. The predicted octanol–water partition coefficient (Wildman–Crippen LogP) is 3.17. The molecule has 2 aromatic carbocycles. The number of hydrogen-bond acceptors (Lipinski definition) is 4. The molecule has 0 spiro atoms. The van der Waals surface area contributed by atoms with Crippen molar-refractivity contribution in [2.75, 3.05) is 16.7 Å². The summed E-state index contributed by atoms with van der Waals surface area (Å²) in [5.41, 5.74) is 1.23. The third-order valence-electron chi connectivity index (χ3n) is 3.25. The molecular formula is C17H19FN2O3S2. The Balaban J connectivity index is 1.92. The third-order valence-corrected chi connectivity index (χ3v) is 4.87. The van der Waals surface area contributed by atoms with Crippen molar-refractivity contribution in [1.29, 1.82) is 0 Å². The zero-order valence-electron chi connectivity index (χ0n) is 13.8. The lowest BCUT2D eigenvalue weighted by atomic mass is 10.1. The number of nitrogens with one attached hydrogen (secondary N) is 2. The van der Waals surface area contributed by atoms with Gasteiger partial charge in [-0.05, 0) is 48.9 Å². The van der Waals surface area contributed by atoms with Crippen molar-refractivity contribution in [2.45, 2.75) is 17.9 Å². The highest BCUT2D eigenvalue weighted by atomic mass is 32.2. The average Bonchev–Trinajstić information content (AvgIpc) is 2.53. The second-order valence-electron chi connectivity index (χ2n) is 5.53. The molecule has 0 radical (unpaired) electrons. The van der Waals surface area contributed by atoms with E-state index in [1.165, 1.54) is 23.9 Å². The van der Waals surface area contributed by atoms with Gasteiger partial charge in [-0.1, -0.05) is 12.1 Å². The lowest BCUT2D eigenvalue weighted by Crippen LogP contribution is -2.28. The van der Waals surface area contributed by atoms with E-state index < -0.39 is 10.0 Å². The minimum Gasteiger partial charge on any atom is -0.349 e. The quantitative estimate of drug-likeness (QED) is 0.722. The number of benzene rings is 2. The Bertz CT molecular complexity index is 839. The van der Waals surface area contributed by atoms with Crippen LogP contribution in [0.25, 0.3) is 0 Å². The summed E-state index contributed by atoms with van der Waals surface area (Å²) in [4.78, 5) is 12.9. The van der Waals surface area contributed by atoms with Gasteiger partial charge < -0.3 is 5.32 Å². The van der Waals surface area contributed by atoms with Crippen LogP contribution in [0.15, 0.2) is 53.4 Å². The fraction of sp³-hybridized carbons (Fsp3) is 0.235. The van der Waals surface area contributed by atoms with Crippen LogP contribution in [0.3, 0.4) is 0 Å². The summed E-state index contributed by atoms with van der Waals surface area (Å²) < 4.78 is 37.8. The highest BCUT2D eigenvalue weighted by molar-refractivity contribution is 8.00. The maximum Gasteiger partial charge on any atom is 0.230 e. The fourth-order valence-corrected chi connectivity index (χ4v) is 3.40. The Labute approximate surface area is 151 Å². The highest BCUT2D eigenvalue weighted by Crippen LogP contribution is 2.20. The summed E-state index contributed by atoms with van der Waals surface area (Å²) in [6.07, 6.45) is 1.08. The van der Waals surface area contributed by atoms with E-state index in [-0.39, 0.29) is 23.5 Å². The molecule has 2 rings (SSSR count). The van der Waals surface area contributed by atoms with Gasteiger partial charge in [-0.3, -0.25) is 9.52 Å². The number of hydrogen-bond donors (Lipinski definition) is 2. The first-order chi connectivity index (χ1) is 11.7. The Morgan fingerprint density at radius 3 is 2.52 bits per heavy atom. The van der Waals surface area contributed by atoms with Crippen LogP contribution in [0.2, 0.25) is 0 Å². The lowest BCUT2D eigenvalue weighted by Gasteiger charge is -2.15. The van der Waals surface area contributed by atoms with Crippen LogP contribution in [0, 0.1) is 5.82 Å². The van der Waals surface area contributed by atoms with E-state index in [1.807, 2.05) is 13.0 Å². The fourth-order valence-electron chi connectivity index (χ4n) is 2.13.